The number of nitrogens with two attached hydrogens (primary N) is 1. The van der Waals surface area contributed by atoms with Crippen molar-refractivity contribution in [1.82, 2.24) is 5.43 Å². The van der Waals surface area contributed by atoms with E-state index in [9.17, 15) is 4.79 Å². The minimum absolute atomic E-state index is 0.0435. The lowest BCUT2D eigenvalue weighted by atomic mass is 10.3. The summed E-state index contributed by atoms with van der Waals surface area (Å²) in [5.41, 5.74) is 2.68. The molecule has 0 radical (unpaired) electrons. The second kappa shape index (κ2) is 6.56. The van der Waals surface area contributed by atoms with Crippen LogP contribution < -0.4 is 11.3 Å². The first-order valence-corrected chi connectivity index (χ1v) is 3.57. The van der Waals surface area contributed by atoms with Crippen LogP contribution in [0.25, 0.3) is 0 Å². The van der Waals surface area contributed by atoms with Crippen molar-refractivity contribution >= 4 is 11.7 Å². The highest BCUT2D eigenvalue weighted by Crippen LogP contribution is 1.86. The molecule has 0 spiro atoms. The lowest BCUT2D eigenvalue weighted by Crippen LogP contribution is -2.24. The van der Waals surface area contributed by atoms with Crippen LogP contribution in [0.1, 0.15) is 13.3 Å². The summed E-state index contributed by atoms with van der Waals surface area (Å²) >= 11 is 0. The van der Waals surface area contributed by atoms with Crippen LogP contribution in [0.2, 0.25) is 0 Å². The third-order valence-corrected chi connectivity index (χ3v) is 1.12. The van der Waals surface area contributed by atoms with Gasteiger partial charge in [0.25, 0.3) is 0 Å². The predicted octanol–water partition coefficient (Wildman–Crippen LogP) is -1.25. The van der Waals surface area contributed by atoms with E-state index in [0.29, 0.717) is 13.0 Å². The maximum absolute atomic E-state index is 10.8. The lowest BCUT2D eigenvalue weighted by molar-refractivity contribution is -0.136. The number of hydrogen-bond donors (Lipinski definition) is 3. The molecule has 0 amide bonds. The van der Waals surface area contributed by atoms with Gasteiger partial charge in [-0.3, -0.25) is 0 Å². The zero-order valence-corrected chi connectivity index (χ0v) is 6.91. The van der Waals surface area contributed by atoms with Crippen molar-refractivity contribution in [2.24, 2.45) is 11.0 Å². The molecule has 0 saturated carbocycles. The molecule has 4 N–H and O–H groups in total. The van der Waals surface area contributed by atoms with E-state index in [1.807, 2.05) is 0 Å². The highest BCUT2D eigenvalue weighted by atomic mass is 16.7. The zero-order chi connectivity index (χ0) is 9.40. The second-order valence-corrected chi connectivity index (χ2v) is 1.95. The molecule has 0 aliphatic rings. The number of hydrazone groups is 1. The lowest BCUT2D eigenvalue weighted by Gasteiger charge is -2.00. The van der Waals surface area contributed by atoms with Gasteiger partial charge in [0.05, 0.1) is 13.2 Å². The number of nitrogens with zero attached hydrogens (tertiary/aromatic N) is 1. The predicted molar refractivity (Wildman–Crippen MR) is 43.1 cm³/mol. The molecule has 0 aromatic rings. The fraction of sp³-hybridized carbons (Fsp3) is 0.667. The van der Waals surface area contributed by atoms with Crippen molar-refractivity contribution in [3.8, 4) is 0 Å². The summed E-state index contributed by atoms with van der Waals surface area (Å²) in [7, 11) is 0. The minimum Gasteiger partial charge on any atom is -0.394 e. The Morgan fingerprint density at radius 2 is 2.42 bits per heavy atom. The number of rotatable bonds is 5. The zero-order valence-electron chi connectivity index (χ0n) is 6.91. The number of carbonyl (C=O) groups is 1. The number of hydrogen-bond acceptors (Lipinski definition) is 6. The second-order valence-electron chi connectivity index (χ2n) is 1.95. The first-order chi connectivity index (χ1) is 5.76. The molecule has 0 rings (SSSR count). The molecule has 0 bridgehead atoms. The van der Waals surface area contributed by atoms with Crippen LogP contribution in [0.3, 0.4) is 0 Å². The number of carbonyl (C=O) groups excluding carboxylic acids is 1. The largest absolute Gasteiger partial charge is 0.394 e. The van der Waals surface area contributed by atoms with Crippen LogP contribution in [0.15, 0.2) is 5.10 Å². The summed E-state index contributed by atoms with van der Waals surface area (Å²) in [6, 6.07) is 0. The quantitative estimate of drug-likeness (QED) is 0.275. The Kier molecular flexibility index (Phi) is 5.94. The fourth-order valence-corrected chi connectivity index (χ4v) is 0.538. The fourth-order valence-electron chi connectivity index (χ4n) is 0.538. The molecule has 0 heterocycles. The van der Waals surface area contributed by atoms with Gasteiger partial charge in [-0.25, -0.2) is 4.79 Å². The van der Waals surface area contributed by atoms with E-state index >= 15 is 0 Å². The van der Waals surface area contributed by atoms with Crippen molar-refractivity contribution in [3.05, 3.63) is 0 Å². The Morgan fingerprint density at radius 1 is 1.75 bits per heavy atom. The van der Waals surface area contributed by atoms with Gasteiger partial charge in [-0.05, 0) is 6.42 Å². The Labute approximate surface area is 70.3 Å². The van der Waals surface area contributed by atoms with E-state index < -0.39 is 5.97 Å². The van der Waals surface area contributed by atoms with Gasteiger partial charge in [0, 0.05) is 0 Å². The van der Waals surface area contributed by atoms with E-state index in [0.717, 1.165) is 0 Å². The summed E-state index contributed by atoms with van der Waals surface area (Å²) in [6.07, 6.45) is 0.425. The highest BCUT2D eigenvalue weighted by Gasteiger charge is 2.08. The molecule has 6 heteroatoms. The minimum atomic E-state index is -0.664. The maximum Gasteiger partial charge on any atom is 0.372 e. The molecule has 0 aliphatic heterocycles. The topological polar surface area (TPSA) is 96.9 Å². The van der Waals surface area contributed by atoms with Gasteiger partial charge in [-0.2, -0.15) is 11.0 Å². The van der Waals surface area contributed by atoms with Crippen LogP contribution in [-0.2, 0) is 9.63 Å². The van der Waals surface area contributed by atoms with Crippen LogP contribution in [-0.4, -0.2) is 29.9 Å². The smallest absolute Gasteiger partial charge is 0.372 e. The standard InChI is InChI=1S/C6H13N3O3/c1-2-5(6(11)12-7)9-8-3-4-10/h8,10H,2-4,7H2,1H3. The molecule has 0 aromatic heterocycles. The number of aliphatic hydroxyl groups excluding tert-OH is 1. The SMILES string of the molecule is CCC(=NNCCO)C(=O)ON. The van der Waals surface area contributed by atoms with E-state index in [1.165, 1.54) is 0 Å². The van der Waals surface area contributed by atoms with Gasteiger partial charge in [0.2, 0.25) is 0 Å². The van der Waals surface area contributed by atoms with Crippen molar-refractivity contribution < 1.29 is 14.7 Å². The average molecular weight is 175 g/mol. The summed E-state index contributed by atoms with van der Waals surface area (Å²) in [6.45, 7) is 2.00. The Morgan fingerprint density at radius 3 is 2.83 bits per heavy atom. The summed E-state index contributed by atoms with van der Waals surface area (Å²) in [5, 5.41) is 12.0. The van der Waals surface area contributed by atoms with Gasteiger partial charge in [0.15, 0.2) is 0 Å². The van der Waals surface area contributed by atoms with Crippen LogP contribution in [0, 0.1) is 0 Å². The molecule has 0 saturated heterocycles. The monoisotopic (exact) mass is 175 g/mol. The number of nitrogens with one attached hydrogen (secondary N) is 1. The molecule has 0 aliphatic carbocycles. The molecule has 0 aromatic carbocycles. The molecule has 6 nitrogen and oxygen atoms in total. The van der Waals surface area contributed by atoms with Crippen LogP contribution >= 0.6 is 0 Å². The van der Waals surface area contributed by atoms with Gasteiger partial charge < -0.3 is 15.4 Å². The van der Waals surface area contributed by atoms with Gasteiger partial charge in [-0.15, -0.1) is 0 Å². The van der Waals surface area contributed by atoms with Gasteiger partial charge in [0.1, 0.15) is 5.71 Å². The third-order valence-electron chi connectivity index (χ3n) is 1.12. The molecule has 0 unspecified atom stereocenters. The third kappa shape index (κ3) is 3.89. The van der Waals surface area contributed by atoms with E-state index in [4.69, 9.17) is 5.11 Å². The molecule has 12 heavy (non-hydrogen) atoms. The molecular formula is C6H13N3O3. The van der Waals surface area contributed by atoms with E-state index in [-0.39, 0.29) is 12.3 Å². The first-order valence-electron chi connectivity index (χ1n) is 3.57. The van der Waals surface area contributed by atoms with Gasteiger partial charge in [-0.1, -0.05) is 6.92 Å². The molecule has 0 fully saturated rings. The summed E-state index contributed by atoms with van der Waals surface area (Å²) in [4.78, 5) is 14.7. The molecule has 70 valence electrons. The van der Waals surface area contributed by atoms with Crippen molar-refractivity contribution in [3.63, 3.8) is 0 Å². The number of aliphatic hydroxyl groups is 1. The van der Waals surface area contributed by atoms with Crippen molar-refractivity contribution in [2.75, 3.05) is 13.2 Å². The van der Waals surface area contributed by atoms with E-state index in [2.05, 4.69) is 21.3 Å². The van der Waals surface area contributed by atoms with E-state index in [1.54, 1.807) is 6.92 Å². The normalized spacial score (nSPS) is 11.1. The highest BCUT2D eigenvalue weighted by molar-refractivity contribution is 6.36. The van der Waals surface area contributed by atoms with Crippen LogP contribution in [0.5, 0.6) is 0 Å². The Hall–Kier alpha value is -1.14. The summed E-state index contributed by atoms with van der Waals surface area (Å²) in [5.74, 6) is 3.98. The average Bonchev–Trinajstić information content (AvgIpc) is 2.11. The summed E-state index contributed by atoms with van der Waals surface area (Å²) < 4.78 is 0. The van der Waals surface area contributed by atoms with Gasteiger partial charge >= 0.3 is 5.97 Å². The first kappa shape index (κ1) is 10.9. The maximum atomic E-state index is 10.8. The van der Waals surface area contributed by atoms with Crippen LogP contribution in [0.4, 0.5) is 0 Å². The van der Waals surface area contributed by atoms with Crippen molar-refractivity contribution in [2.45, 2.75) is 13.3 Å². The Balaban J connectivity index is 3.95. The molecule has 0 atom stereocenters. The van der Waals surface area contributed by atoms with Crippen molar-refractivity contribution in [1.29, 1.82) is 0 Å². The molecular weight excluding hydrogens is 162 g/mol. The Bertz CT molecular complexity index is 169.